The maximum Gasteiger partial charge on any atom is 0.305 e. The van der Waals surface area contributed by atoms with Crippen LogP contribution < -0.4 is 0 Å². The number of esters is 2. The van der Waals surface area contributed by atoms with Crippen LogP contribution in [0.4, 0.5) is 0 Å². The largest absolute Gasteiger partial charge is 0.466 e. The Hall–Kier alpha value is -1.84. The van der Waals surface area contributed by atoms with Crippen molar-refractivity contribution in [2.24, 2.45) is 0 Å². The highest BCUT2D eigenvalue weighted by atomic mass is 16.5. The second kappa shape index (κ2) is 30.4. The summed E-state index contributed by atoms with van der Waals surface area (Å²) in [6.45, 7) is 6.96. The van der Waals surface area contributed by atoms with Gasteiger partial charge in [-0.15, -0.1) is 6.58 Å². The molecule has 0 radical (unpaired) electrons. The summed E-state index contributed by atoms with van der Waals surface area (Å²) in [7, 11) is 0. The summed E-state index contributed by atoms with van der Waals surface area (Å²) in [4.78, 5) is 22.8. The number of hydrogen-bond donors (Lipinski definition) is 0. The van der Waals surface area contributed by atoms with Crippen LogP contribution in [0, 0.1) is 0 Å². The van der Waals surface area contributed by atoms with Crippen molar-refractivity contribution in [1.29, 1.82) is 0 Å². The Balaban J connectivity index is -0.0000000510. The topological polar surface area (TPSA) is 52.6 Å². The molecular weight excluding hydrogens is 460 g/mol. The van der Waals surface area contributed by atoms with Crippen molar-refractivity contribution in [3.63, 3.8) is 0 Å². The third-order valence-corrected chi connectivity index (χ3v) is 6.50. The average molecular weight is 563 g/mol. The van der Waals surface area contributed by atoms with E-state index < -0.39 is 0 Å². The lowest BCUT2D eigenvalue weighted by Crippen LogP contribution is -2.05. The van der Waals surface area contributed by atoms with Crippen LogP contribution in [0.5, 0.6) is 0 Å². The average Bonchev–Trinajstić information content (AvgIpc) is 3.34. The predicted molar refractivity (Wildman–Crippen MR) is 181 cm³/mol. The molecule has 0 aliphatic carbocycles. The highest BCUT2D eigenvalue weighted by Gasteiger charge is 2.03. The first-order chi connectivity index (χ1) is 29.2. The first-order valence-corrected chi connectivity index (χ1v) is 15.4. The monoisotopic (exact) mass is 563 g/mol. The van der Waals surface area contributed by atoms with Gasteiger partial charge in [0.1, 0.15) is 0 Å². The van der Waals surface area contributed by atoms with Gasteiger partial charge in [-0.05, 0) is 90.4 Å². The minimum Gasteiger partial charge on any atom is -0.466 e. The van der Waals surface area contributed by atoms with Crippen LogP contribution in [-0.2, 0) is 19.1 Å². The van der Waals surface area contributed by atoms with E-state index in [9.17, 15) is 9.59 Å². The zero-order valence-corrected chi connectivity index (χ0v) is 24.2. The fraction of sp³-hybridized carbons (Fsp3) is 0.758. The molecule has 1 rings (SSSR count). The highest BCUT2D eigenvalue weighted by Crippen LogP contribution is 2.10. The molecule has 0 fully saturated rings. The lowest BCUT2D eigenvalue weighted by atomic mass is 10.1. The number of hydrogen-bond acceptors (Lipinski definition) is 4. The molecule has 4 heteroatoms. The summed E-state index contributed by atoms with van der Waals surface area (Å²) in [5.41, 5.74) is 0. The lowest BCUT2D eigenvalue weighted by Gasteiger charge is -2.05. The van der Waals surface area contributed by atoms with Crippen LogP contribution >= 0.6 is 0 Å². The van der Waals surface area contributed by atoms with Gasteiger partial charge in [0.15, 0.2) is 0 Å². The normalized spacial score (nSPS) is 18.4. The smallest absolute Gasteiger partial charge is 0.305 e. The Kier molecular flexibility index (Phi) is 16.5. The van der Waals surface area contributed by atoms with Crippen molar-refractivity contribution in [2.45, 2.75) is 148 Å². The molecule has 0 bridgehead atoms. The summed E-state index contributed by atoms with van der Waals surface area (Å²) < 4.78 is 120. The quantitative estimate of drug-likeness (QED) is 0.120. The van der Waals surface area contributed by atoms with E-state index in [0.29, 0.717) is 26.1 Å². The van der Waals surface area contributed by atoms with Crippen molar-refractivity contribution in [3.8, 4) is 0 Å². The molecule has 0 aromatic heterocycles. The highest BCUT2D eigenvalue weighted by molar-refractivity contribution is 5.69. The summed E-state index contributed by atoms with van der Waals surface area (Å²) in [5.74, 6) is -0.0264. The zero-order valence-electron chi connectivity index (χ0n) is 46.2. The number of ether oxygens (including phenoxy) is 2. The first-order valence-electron chi connectivity index (χ1n) is 26.4. The molecule has 0 saturated carbocycles. The molecule has 0 saturated heterocycles. The molecule has 1 aliphatic heterocycles. The van der Waals surface area contributed by atoms with Gasteiger partial charge in [-0.1, -0.05) is 75.3 Å². The fourth-order valence-electron chi connectivity index (χ4n) is 4.15. The molecule has 0 N–H and O–H groups in total. The number of rotatable bonds is 14. The minimum atomic E-state index is -0.0236. The van der Waals surface area contributed by atoms with E-state index in [1.165, 1.54) is 70.6 Å². The van der Waals surface area contributed by atoms with E-state index in [4.69, 9.17) is 42.1 Å². The van der Waals surface area contributed by atoms with E-state index >= 15 is 0 Å². The Bertz CT molecular complexity index is 635. The SMILES string of the molecule is C=CCCCCCCCC(=O)OCCCCC/C=C/C.O=C1CCCCCCC=CCCCCCCO1.[2H][2H].[2H][2H].[2H][2H].[2H][2H].[2H][2H].[2H][2H].[2H][2H].[2H][2H].[2H][2H].[2H][2H].[2H][2H]. The third kappa shape index (κ3) is 30.3. The van der Waals surface area contributed by atoms with Crippen LogP contribution in [0.2, 0.25) is 0 Å². The minimum absolute atomic E-state index is 0.00279. The summed E-state index contributed by atoms with van der Waals surface area (Å²) in [6.07, 6.45) is 35.2. The van der Waals surface area contributed by atoms with Crippen molar-refractivity contribution >= 4 is 11.9 Å². The van der Waals surface area contributed by atoms with E-state index in [1.54, 1.807) is 0 Å². The second-order valence-electron chi connectivity index (χ2n) is 10.1. The standard InChI is InChI=1S/C18H32O2.C15H26O2.11H2/c1-3-5-7-9-11-12-14-16-18(19)20-17-15-13-10-8-6-4-2;16-15-13-11-9-7-5-3-1-2-4-6-8-10-12-14-17-15;;;;;;;;;;;/h3-4,6H,1,5,7-17H2,2H3;1-2H,3-14H2;11*1H/b6-4+;;;;;;;;;;;;/i;;11*1+1D. The zero-order chi connectivity index (χ0) is 49.1. The predicted octanol–water partition coefficient (Wildman–Crippen LogP) is 12.7. The molecule has 1 aliphatic rings. The van der Waals surface area contributed by atoms with Gasteiger partial charge in [0, 0.05) is 45.5 Å². The van der Waals surface area contributed by atoms with Gasteiger partial charge >= 0.3 is 11.9 Å². The number of unbranched alkanes of at least 4 members (excludes halogenated alkanes) is 8. The Morgan fingerprint density at radius 3 is 2.24 bits per heavy atom. The van der Waals surface area contributed by atoms with Crippen LogP contribution in [0.15, 0.2) is 37.0 Å². The van der Waals surface area contributed by atoms with Gasteiger partial charge in [-0.3, -0.25) is 9.59 Å². The summed E-state index contributed by atoms with van der Waals surface area (Å²) >= 11 is 0. The fourth-order valence-corrected chi connectivity index (χ4v) is 4.15. The molecule has 236 valence electrons. The maximum atomic E-state index is 11.5. The van der Waals surface area contributed by atoms with Crippen molar-refractivity contribution < 1.29 is 51.7 Å². The number of cyclic esters (lactones) is 1. The molecule has 37 heavy (non-hydrogen) atoms. The van der Waals surface area contributed by atoms with E-state index in [-0.39, 0.29) is 11.9 Å². The molecule has 0 spiro atoms. The third-order valence-electron chi connectivity index (χ3n) is 6.50. The van der Waals surface area contributed by atoms with Gasteiger partial charge < -0.3 is 9.47 Å². The summed E-state index contributed by atoms with van der Waals surface area (Å²) in [5, 5.41) is 0. The van der Waals surface area contributed by atoms with Gasteiger partial charge in [0.25, 0.3) is 0 Å². The number of allylic oxidation sites excluding steroid dienone is 5. The van der Waals surface area contributed by atoms with Gasteiger partial charge in [-0.2, -0.15) is 0 Å². The van der Waals surface area contributed by atoms with E-state index in [1.807, 2.05) is 13.0 Å². The molecule has 0 atom stereocenters. The van der Waals surface area contributed by atoms with E-state index in [0.717, 1.165) is 57.8 Å². The molecule has 0 unspecified atom stereocenters. The second-order valence-corrected chi connectivity index (χ2v) is 10.1. The molecule has 1 heterocycles. The maximum absolute atomic E-state index is 11.5. The Morgan fingerprint density at radius 2 is 1.51 bits per heavy atom. The summed E-state index contributed by atoms with van der Waals surface area (Å²) in [6, 6.07) is 0. The van der Waals surface area contributed by atoms with Gasteiger partial charge in [0.2, 0.25) is 0 Å². The van der Waals surface area contributed by atoms with Crippen LogP contribution in [0.1, 0.15) is 181 Å². The van der Waals surface area contributed by atoms with Crippen molar-refractivity contribution in [3.05, 3.63) is 37.0 Å². The molecule has 0 aromatic rings. The van der Waals surface area contributed by atoms with Gasteiger partial charge in [0.05, 0.1) is 13.2 Å². The first kappa shape index (κ1) is 20.1. The van der Waals surface area contributed by atoms with E-state index in [2.05, 4.69) is 30.9 Å². The number of carbonyl (C=O) groups excluding carboxylic acids is 2. The molecule has 0 aromatic carbocycles. The van der Waals surface area contributed by atoms with Crippen molar-refractivity contribution in [2.75, 3.05) is 13.2 Å². The van der Waals surface area contributed by atoms with Crippen molar-refractivity contribution in [1.82, 2.24) is 0 Å². The molecule has 0 amide bonds. The Labute approximate surface area is 263 Å². The van der Waals surface area contributed by atoms with Crippen LogP contribution in [-0.4, -0.2) is 25.2 Å². The number of carbonyl (C=O) groups is 2. The van der Waals surface area contributed by atoms with Crippen LogP contribution in [0.25, 0.3) is 0 Å². The van der Waals surface area contributed by atoms with Gasteiger partial charge in [-0.25, -0.2) is 0 Å². The molecular formula is C33H80O4. The molecule has 4 nitrogen and oxygen atoms in total. The lowest BCUT2D eigenvalue weighted by molar-refractivity contribution is -0.144. The Morgan fingerprint density at radius 1 is 0.892 bits per heavy atom. The van der Waals surface area contributed by atoms with Crippen LogP contribution in [0.3, 0.4) is 0 Å².